The number of aromatic hydroxyl groups is 1. The Hall–Kier alpha value is -0.850. The Morgan fingerprint density at radius 1 is 1.63 bits per heavy atom. The van der Waals surface area contributed by atoms with Gasteiger partial charge in [0.15, 0.2) is 11.5 Å². The van der Waals surface area contributed by atoms with Crippen molar-refractivity contribution in [1.82, 2.24) is 4.90 Å². The number of phenols is 1. The Bertz CT molecular complexity index is 484. The van der Waals surface area contributed by atoms with E-state index in [9.17, 15) is 9.50 Å². The molecular weight excluding hydrogens is 315 g/mol. The molecule has 6 heteroatoms. The highest BCUT2D eigenvalue weighted by Gasteiger charge is 2.35. The van der Waals surface area contributed by atoms with Crippen molar-refractivity contribution in [3.8, 4) is 11.5 Å². The van der Waals surface area contributed by atoms with Crippen molar-refractivity contribution in [3.05, 3.63) is 21.9 Å². The minimum absolute atomic E-state index is 0.127. The van der Waals surface area contributed by atoms with E-state index in [1.54, 1.807) is 0 Å². The minimum Gasteiger partial charge on any atom is -0.504 e. The first-order valence-corrected chi connectivity index (χ1v) is 6.94. The molecule has 19 heavy (non-hydrogen) atoms. The molecule has 0 aliphatic carbocycles. The van der Waals surface area contributed by atoms with E-state index in [-0.39, 0.29) is 23.1 Å². The summed E-state index contributed by atoms with van der Waals surface area (Å²) < 4.78 is 19.7. The number of benzene rings is 1. The van der Waals surface area contributed by atoms with Gasteiger partial charge in [0.2, 0.25) is 0 Å². The van der Waals surface area contributed by atoms with E-state index in [4.69, 9.17) is 10.5 Å². The number of hydrogen-bond donors (Lipinski definition) is 2. The van der Waals surface area contributed by atoms with Crippen LogP contribution in [0.4, 0.5) is 4.39 Å². The van der Waals surface area contributed by atoms with Gasteiger partial charge in [-0.05, 0) is 41.9 Å². The average molecular weight is 333 g/mol. The summed E-state index contributed by atoms with van der Waals surface area (Å²) in [6, 6.07) is 1.25. The van der Waals surface area contributed by atoms with Crippen LogP contribution in [0.2, 0.25) is 0 Å². The van der Waals surface area contributed by atoms with Crippen molar-refractivity contribution in [2.24, 2.45) is 11.7 Å². The third kappa shape index (κ3) is 2.57. The van der Waals surface area contributed by atoms with Crippen molar-refractivity contribution in [2.45, 2.75) is 12.5 Å². The van der Waals surface area contributed by atoms with Crippen LogP contribution in [0, 0.1) is 11.7 Å². The number of hydrogen-bond acceptors (Lipinski definition) is 4. The Morgan fingerprint density at radius 3 is 2.84 bits per heavy atom. The summed E-state index contributed by atoms with van der Waals surface area (Å²) in [6.45, 7) is 1.36. The van der Waals surface area contributed by atoms with Crippen molar-refractivity contribution >= 4 is 15.9 Å². The molecule has 4 nitrogen and oxygen atoms in total. The van der Waals surface area contributed by atoms with Gasteiger partial charge in [-0.15, -0.1) is 0 Å². The highest BCUT2D eigenvalue weighted by molar-refractivity contribution is 9.10. The summed E-state index contributed by atoms with van der Waals surface area (Å²) in [7, 11) is 3.36. The first kappa shape index (κ1) is 14.6. The number of nitrogens with zero attached hydrogens (tertiary/aromatic N) is 1. The molecule has 0 aromatic heterocycles. The van der Waals surface area contributed by atoms with Crippen LogP contribution in [0.3, 0.4) is 0 Å². The monoisotopic (exact) mass is 332 g/mol. The minimum atomic E-state index is -0.437. The molecule has 1 aliphatic heterocycles. The van der Waals surface area contributed by atoms with E-state index in [0.29, 0.717) is 16.9 Å². The van der Waals surface area contributed by atoms with Gasteiger partial charge in [0.25, 0.3) is 0 Å². The van der Waals surface area contributed by atoms with Crippen LogP contribution in [0.15, 0.2) is 10.5 Å². The van der Waals surface area contributed by atoms with Gasteiger partial charge in [0.1, 0.15) is 5.82 Å². The van der Waals surface area contributed by atoms with Gasteiger partial charge in [0, 0.05) is 18.7 Å². The topological polar surface area (TPSA) is 58.7 Å². The lowest BCUT2D eigenvalue weighted by atomic mass is 9.98. The fraction of sp³-hybridized carbons (Fsp3) is 0.538. The van der Waals surface area contributed by atoms with Crippen molar-refractivity contribution in [1.29, 1.82) is 0 Å². The van der Waals surface area contributed by atoms with Crippen molar-refractivity contribution in [2.75, 3.05) is 27.2 Å². The maximum absolute atomic E-state index is 14.3. The first-order valence-electron chi connectivity index (χ1n) is 6.14. The Kier molecular flexibility index (Phi) is 4.32. The number of methoxy groups -OCH3 is 1. The molecular formula is C13H18BrFN2O2. The lowest BCUT2D eigenvalue weighted by Crippen LogP contribution is -2.21. The van der Waals surface area contributed by atoms with Gasteiger partial charge in [-0.3, -0.25) is 4.90 Å². The summed E-state index contributed by atoms with van der Waals surface area (Å²) in [5.41, 5.74) is 5.96. The standard InChI is InChI=1S/C13H18BrFN2O2/c1-17-6-7(5-16)3-9(17)11-12(15)8(14)4-10(19-2)13(11)18/h4,7,9,18H,3,5-6,16H2,1-2H3. The fourth-order valence-electron chi connectivity index (χ4n) is 2.69. The lowest BCUT2D eigenvalue weighted by molar-refractivity contribution is 0.291. The molecule has 0 radical (unpaired) electrons. The molecule has 0 amide bonds. The van der Waals surface area contributed by atoms with Gasteiger partial charge in [-0.2, -0.15) is 0 Å². The van der Waals surface area contributed by atoms with Crippen LogP contribution in [-0.4, -0.2) is 37.3 Å². The molecule has 3 N–H and O–H groups in total. The van der Waals surface area contributed by atoms with Crippen LogP contribution in [0.1, 0.15) is 18.0 Å². The Labute approximate surface area is 120 Å². The number of halogens is 2. The number of nitrogens with two attached hydrogens (primary N) is 1. The van der Waals surface area contributed by atoms with E-state index in [1.165, 1.54) is 13.2 Å². The van der Waals surface area contributed by atoms with E-state index < -0.39 is 5.82 Å². The van der Waals surface area contributed by atoms with Crippen molar-refractivity contribution < 1.29 is 14.2 Å². The highest BCUT2D eigenvalue weighted by Crippen LogP contribution is 2.45. The second-order valence-corrected chi connectivity index (χ2v) is 5.78. The molecule has 2 unspecified atom stereocenters. The predicted octanol–water partition coefficient (Wildman–Crippen LogP) is 2.25. The molecule has 2 atom stereocenters. The molecule has 0 saturated carbocycles. The van der Waals surface area contributed by atoms with Crippen molar-refractivity contribution in [3.63, 3.8) is 0 Å². The third-order valence-corrected chi connectivity index (χ3v) is 4.29. The molecule has 106 valence electrons. The van der Waals surface area contributed by atoms with Gasteiger partial charge in [-0.1, -0.05) is 0 Å². The van der Waals surface area contributed by atoms with Gasteiger partial charge in [-0.25, -0.2) is 4.39 Å². The second kappa shape index (κ2) is 5.64. The van der Waals surface area contributed by atoms with Crippen LogP contribution in [-0.2, 0) is 0 Å². The molecule has 2 rings (SSSR count). The van der Waals surface area contributed by atoms with E-state index in [1.807, 2.05) is 11.9 Å². The first-order chi connectivity index (χ1) is 8.99. The molecule has 1 aliphatic rings. The quantitative estimate of drug-likeness (QED) is 0.891. The molecule has 1 saturated heterocycles. The summed E-state index contributed by atoms with van der Waals surface area (Å²) in [6.07, 6.45) is 0.733. The highest BCUT2D eigenvalue weighted by atomic mass is 79.9. The van der Waals surface area contributed by atoms with Crippen LogP contribution in [0.25, 0.3) is 0 Å². The van der Waals surface area contributed by atoms with E-state index >= 15 is 0 Å². The zero-order valence-corrected chi connectivity index (χ0v) is 12.6. The number of likely N-dealkylation sites (tertiary alicyclic amines) is 1. The Balaban J connectivity index is 2.47. The molecule has 1 aromatic carbocycles. The van der Waals surface area contributed by atoms with Gasteiger partial charge >= 0.3 is 0 Å². The summed E-state index contributed by atoms with van der Waals surface area (Å²) >= 11 is 3.16. The third-order valence-electron chi connectivity index (χ3n) is 3.71. The molecule has 1 aromatic rings. The fourth-order valence-corrected chi connectivity index (χ4v) is 3.11. The molecule has 0 spiro atoms. The second-order valence-electron chi connectivity index (χ2n) is 4.93. The summed E-state index contributed by atoms with van der Waals surface area (Å²) in [5.74, 6) is 0.0252. The number of phenolic OH excluding ortho intramolecular Hbond substituents is 1. The predicted molar refractivity (Wildman–Crippen MR) is 74.8 cm³/mol. The van der Waals surface area contributed by atoms with Crippen LogP contribution >= 0.6 is 15.9 Å². The maximum Gasteiger partial charge on any atom is 0.165 e. The summed E-state index contributed by atoms with van der Waals surface area (Å²) in [4.78, 5) is 2.02. The molecule has 1 heterocycles. The van der Waals surface area contributed by atoms with Gasteiger partial charge < -0.3 is 15.6 Å². The zero-order valence-electron chi connectivity index (χ0n) is 11.0. The molecule has 0 bridgehead atoms. The average Bonchev–Trinajstić information content (AvgIpc) is 2.76. The Morgan fingerprint density at radius 2 is 2.32 bits per heavy atom. The summed E-state index contributed by atoms with van der Waals surface area (Å²) in [5, 5.41) is 10.2. The largest absolute Gasteiger partial charge is 0.504 e. The SMILES string of the molecule is COc1cc(Br)c(F)c(C2CC(CN)CN2C)c1O. The normalized spacial score (nSPS) is 23.8. The van der Waals surface area contributed by atoms with Gasteiger partial charge in [0.05, 0.1) is 17.1 Å². The number of rotatable bonds is 3. The van der Waals surface area contributed by atoms with E-state index in [0.717, 1.165) is 13.0 Å². The smallest absolute Gasteiger partial charge is 0.165 e. The molecule has 1 fully saturated rings. The zero-order chi connectivity index (χ0) is 14.2. The van der Waals surface area contributed by atoms with Crippen LogP contribution < -0.4 is 10.5 Å². The number of ether oxygens (including phenoxy) is 1. The lowest BCUT2D eigenvalue weighted by Gasteiger charge is -2.22. The van der Waals surface area contributed by atoms with E-state index in [2.05, 4.69) is 15.9 Å². The van der Waals surface area contributed by atoms with Crippen LogP contribution in [0.5, 0.6) is 11.5 Å². The maximum atomic E-state index is 14.3.